The molecular weight excluding hydrogens is 240 g/mol. The van der Waals surface area contributed by atoms with Crippen LogP contribution in [0.1, 0.15) is 29.2 Å². The average molecular weight is 258 g/mol. The Labute approximate surface area is 105 Å². The summed E-state index contributed by atoms with van der Waals surface area (Å²) in [7, 11) is 3.03. The van der Waals surface area contributed by atoms with Gasteiger partial charge in [-0.1, -0.05) is 11.3 Å². The quantitative estimate of drug-likeness (QED) is 0.819. The lowest BCUT2D eigenvalue weighted by Gasteiger charge is -2.22. The molecule has 1 rings (SSSR count). The van der Waals surface area contributed by atoms with Crippen LogP contribution in [0, 0.1) is 6.92 Å². The number of nitrogens with zero attached hydrogens (tertiary/aromatic N) is 1. The molecule has 1 N–H and O–H groups in total. The van der Waals surface area contributed by atoms with Crippen LogP contribution in [0.4, 0.5) is 5.13 Å². The van der Waals surface area contributed by atoms with Gasteiger partial charge >= 0.3 is 5.97 Å². The molecule has 0 aliphatic heterocycles. The first-order valence-electron chi connectivity index (χ1n) is 5.24. The van der Waals surface area contributed by atoms with Crippen molar-refractivity contribution in [2.45, 2.75) is 26.4 Å². The fraction of sp³-hybridized carbons (Fsp3) is 0.636. The molecule has 0 amide bonds. The predicted molar refractivity (Wildman–Crippen MR) is 67.8 cm³/mol. The van der Waals surface area contributed by atoms with E-state index in [4.69, 9.17) is 4.74 Å². The summed E-state index contributed by atoms with van der Waals surface area (Å²) in [5, 5.41) is 3.85. The van der Waals surface area contributed by atoms with E-state index in [0.29, 0.717) is 22.2 Å². The van der Waals surface area contributed by atoms with Gasteiger partial charge in [-0.05, 0) is 20.8 Å². The Morgan fingerprint density at radius 3 is 2.65 bits per heavy atom. The third-order valence-electron chi connectivity index (χ3n) is 2.39. The molecule has 0 bridgehead atoms. The standard InChI is InChI=1S/C11H18N2O3S/c1-7-8(9(14)15-4)17-10(13-7)12-6-11(2,3)16-5/h6H2,1-5H3,(H,12,13). The van der Waals surface area contributed by atoms with Crippen molar-refractivity contribution >= 4 is 22.4 Å². The third-order valence-corrected chi connectivity index (χ3v) is 3.48. The SMILES string of the molecule is COC(=O)c1sc(NCC(C)(C)OC)nc1C. The Morgan fingerprint density at radius 2 is 2.12 bits per heavy atom. The summed E-state index contributed by atoms with van der Waals surface area (Å²) in [6.45, 7) is 6.36. The van der Waals surface area contributed by atoms with Gasteiger partial charge in [-0.3, -0.25) is 0 Å². The van der Waals surface area contributed by atoms with E-state index < -0.39 is 0 Å². The molecule has 0 spiro atoms. The van der Waals surface area contributed by atoms with Gasteiger partial charge in [-0.25, -0.2) is 9.78 Å². The number of anilines is 1. The van der Waals surface area contributed by atoms with E-state index in [2.05, 4.69) is 15.0 Å². The normalized spacial score (nSPS) is 11.4. The molecule has 0 radical (unpaired) electrons. The largest absolute Gasteiger partial charge is 0.465 e. The van der Waals surface area contributed by atoms with Crippen LogP contribution >= 0.6 is 11.3 Å². The molecule has 0 atom stereocenters. The number of rotatable bonds is 5. The minimum Gasteiger partial charge on any atom is -0.465 e. The summed E-state index contributed by atoms with van der Waals surface area (Å²) in [5.41, 5.74) is 0.407. The summed E-state index contributed by atoms with van der Waals surface area (Å²) >= 11 is 1.29. The van der Waals surface area contributed by atoms with E-state index in [9.17, 15) is 4.79 Å². The zero-order valence-corrected chi connectivity index (χ0v) is 11.6. The zero-order valence-electron chi connectivity index (χ0n) is 10.8. The smallest absolute Gasteiger partial charge is 0.350 e. The third kappa shape index (κ3) is 3.67. The number of esters is 1. The highest BCUT2D eigenvalue weighted by molar-refractivity contribution is 7.17. The number of nitrogens with one attached hydrogen (secondary N) is 1. The minimum absolute atomic E-state index is 0.273. The van der Waals surface area contributed by atoms with Gasteiger partial charge in [0.25, 0.3) is 0 Å². The van der Waals surface area contributed by atoms with Crippen molar-refractivity contribution in [3.8, 4) is 0 Å². The van der Waals surface area contributed by atoms with Gasteiger partial charge in [-0.15, -0.1) is 0 Å². The van der Waals surface area contributed by atoms with Gasteiger partial charge in [0.1, 0.15) is 4.88 Å². The Balaban J connectivity index is 2.71. The maximum absolute atomic E-state index is 11.4. The van der Waals surface area contributed by atoms with Gasteiger partial charge in [-0.2, -0.15) is 0 Å². The Bertz CT molecular complexity index is 401. The molecule has 0 saturated heterocycles. The van der Waals surface area contributed by atoms with Crippen LogP contribution in [0.15, 0.2) is 0 Å². The summed E-state index contributed by atoms with van der Waals surface area (Å²) in [4.78, 5) is 16.2. The molecule has 1 aromatic heterocycles. The molecule has 1 aromatic rings. The van der Waals surface area contributed by atoms with Crippen molar-refractivity contribution in [2.75, 3.05) is 26.1 Å². The van der Waals surface area contributed by atoms with E-state index in [-0.39, 0.29) is 11.6 Å². The van der Waals surface area contributed by atoms with Crippen LogP contribution < -0.4 is 5.32 Å². The lowest BCUT2D eigenvalue weighted by Crippen LogP contribution is -2.31. The number of thiazole rings is 1. The molecule has 0 fully saturated rings. The van der Waals surface area contributed by atoms with Crippen LogP contribution in [-0.2, 0) is 9.47 Å². The monoisotopic (exact) mass is 258 g/mol. The molecule has 96 valence electrons. The number of carbonyl (C=O) groups is 1. The fourth-order valence-electron chi connectivity index (χ4n) is 1.11. The Kier molecular flexibility index (Phi) is 4.47. The molecule has 1 heterocycles. The zero-order chi connectivity index (χ0) is 13.1. The second kappa shape index (κ2) is 5.46. The number of carbonyl (C=O) groups excluding carboxylic acids is 1. The molecular formula is C11H18N2O3S. The highest BCUT2D eigenvalue weighted by atomic mass is 32.1. The molecule has 0 aliphatic rings. The maximum Gasteiger partial charge on any atom is 0.350 e. The fourth-order valence-corrected chi connectivity index (χ4v) is 2.00. The van der Waals surface area contributed by atoms with Gasteiger partial charge in [0.2, 0.25) is 0 Å². The molecule has 17 heavy (non-hydrogen) atoms. The second-order valence-corrected chi connectivity index (χ2v) is 5.24. The number of hydrogen-bond donors (Lipinski definition) is 1. The first kappa shape index (κ1) is 13.9. The van der Waals surface area contributed by atoms with Gasteiger partial charge in [0.15, 0.2) is 5.13 Å². The van der Waals surface area contributed by atoms with Crippen molar-refractivity contribution < 1.29 is 14.3 Å². The summed E-state index contributed by atoms with van der Waals surface area (Å²) in [5.74, 6) is -0.348. The number of aromatic nitrogens is 1. The van der Waals surface area contributed by atoms with Crippen molar-refractivity contribution in [3.63, 3.8) is 0 Å². The second-order valence-electron chi connectivity index (χ2n) is 4.24. The molecule has 0 saturated carbocycles. The van der Waals surface area contributed by atoms with Crippen LogP contribution in [0.3, 0.4) is 0 Å². The Hall–Kier alpha value is -1.14. The summed E-state index contributed by atoms with van der Waals surface area (Å²) < 4.78 is 9.96. The lowest BCUT2D eigenvalue weighted by atomic mass is 10.1. The minimum atomic E-state index is -0.348. The lowest BCUT2D eigenvalue weighted by molar-refractivity contribution is 0.0343. The van der Waals surface area contributed by atoms with Crippen LogP contribution in [-0.4, -0.2) is 37.3 Å². The van der Waals surface area contributed by atoms with Crippen molar-refractivity contribution in [3.05, 3.63) is 10.6 Å². The first-order chi connectivity index (χ1) is 7.89. The molecule has 0 unspecified atom stereocenters. The molecule has 0 aliphatic carbocycles. The predicted octanol–water partition coefficient (Wildman–Crippen LogP) is 2.08. The Morgan fingerprint density at radius 1 is 1.47 bits per heavy atom. The number of aryl methyl sites for hydroxylation is 1. The number of ether oxygens (including phenoxy) is 2. The maximum atomic E-state index is 11.4. The van der Waals surface area contributed by atoms with Gasteiger partial charge in [0.05, 0.1) is 18.4 Å². The summed E-state index contributed by atoms with van der Waals surface area (Å²) in [6.07, 6.45) is 0. The molecule has 0 aromatic carbocycles. The van der Waals surface area contributed by atoms with E-state index in [1.807, 2.05) is 13.8 Å². The van der Waals surface area contributed by atoms with Crippen LogP contribution in [0.2, 0.25) is 0 Å². The number of hydrogen-bond acceptors (Lipinski definition) is 6. The summed E-state index contributed by atoms with van der Waals surface area (Å²) in [6, 6.07) is 0. The molecule has 6 heteroatoms. The van der Waals surface area contributed by atoms with Crippen LogP contribution in [0.25, 0.3) is 0 Å². The van der Waals surface area contributed by atoms with E-state index in [0.717, 1.165) is 0 Å². The highest BCUT2D eigenvalue weighted by Gasteiger charge is 2.19. The molecule has 5 nitrogen and oxygen atoms in total. The first-order valence-corrected chi connectivity index (χ1v) is 6.06. The van der Waals surface area contributed by atoms with Crippen molar-refractivity contribution in [1.82, 2.24) is 4.98 Å². The van der Waals surface area contributed by atoms with Gasteiger partial charge in [0, 0.05) is 13.7 Å². The topological polar surface area (TPSA) is 60.5 Å². The highest BCUT2D eigenvalue weighted by Crippen LogP contribution is 2.23. The van der Waals surface area contributed by atoms with E-state index in [1.54, 1.807) is 14.0 Å². The number of methoxy groups -OCH3 is 2. The average Bonchev–Trinajstić information content (AvgIpc) is 2.67. The van der Waals surface area contributed by atoms with Crippen molar-refractivity contribution in [2.24, 2.45) is 0 Å². The van der Waals surface area contributed by atoms with Crippen LogP contribution in [0.5, 0.6) is 0 Å². The van der Waals surface area contributed by atoms with Crippen molar-refractivity contribution in [1.29, 1.82) is 0 Å². The van der Waals surface area contributed by atoms with Gasteiger partial charge < -0.3 is 14.8 Å². The van der Waals surface area contributed by atoms with E-state index >= 15 is 0 Å². The van der Waals surface area contributed by atoms with E-state index in [1.165, 1.54) is 18.4 Å².